The first-order valence-corrected chi connectivity index (χ1v) is 3.99. The van der Waals surface area contributed by atoms with Crippen molar-refractivity contribution in [3.05, 3.63) is 0 Å². The highest BCUT2D eigenvalue weighted by atomic mass is 16.3. The van der Waals surface area contributed by atoms with Crippen LogP contribution < -0.4 is 11.5 Å². The molecule has 3 heteroatoms. The van der Waals surface area contributed by atoms with Crippen LogP contribution in [0.2, 0.25) is 0 Å². The van der Waals surface area contributed by atoms with Gasteiger partial charge in [0.2, 0.25) is 0 Å². The molecule has 11 heavy (non-hydrogen) atoms. The molecule has 68 valence electrons. The maximum atomic E-state index is 9.22. The first-order valence-electron chi connectivity index (χ1n) is 3.99. The summed E-state index contributed by atoms with van der Waals surface area (Å²) in [4.78, 5) is 0. The fraction of sp³-hybridized carbons (Fsp3) is 1.00. The summed E-state index contributed by atoms with van der Waals surface area (Å²) in [5.74, 6) is 0.0370. The number of aliphatic hydroxyl groups is 1. The van der Waals surface area contributed by atoms with E-state index in [1.165, 1.54) is 0 Å². The van der Waals surface area contributed by atoms with Crippen LogP contribution in [0.4, 0.5) is 0 Å². The summed E-state index contributed by atoms with van der Waals surface area (Å²) in [6, 6.07) is -0.164. The average molecular weight is 160 g/mol. The van der Waals surface area contributed by atoms with Crippen LogP contribution in [0.25, 0.3) is 0 Å². The summed E-state index contributed by atoms with van der Waals surface area (Å²) in [6.45, 7) is 7.38. The zero-order valence-electron chi connectivity index (χ0n) is 7.83. The molecule has 0 amide bonds. The van der Waals surface area contributed by atoms with E-state index in [2.05, 4.69) is 0 Å². The Morgan fingerprint density at radius 3 is 1.73 bits per heavy atom. The highest BCUT2D eigenvalue weighted by Crippen LogP contribution is 2.15. The zero-order valence-corrected chi connectivity index (χ0v) is 7.83. The van der Waals surface area contributed by atoms with Crippen molar-refractivity contribution in [2.24, 2.45) is 17.4 Å². The van der Waals surface area contributed by atoms with Crippen molar-refractivity contribution in [1.29, 1.82) is 0 Å². The molecule has 0 aliphatic rings. The van der Waals surface area contributed by atoms with Gasteiger partial charge in [-0.3, -0.25) is 0 Å². The molecule has 0 heterocycles. The van der Waals surface area contributed by atoms with Crippen molar-refractivity contribution in [3.63, 3.8) is 0 Å². The van der Waals surface area contributed by atoms with Crippen molar-refractivity contribution >= 4 is 0 Å². The van der Waals surface area contributed by atoms with E-state index >= 15 is 0 Å². The van der Waals surface area contributed by atoms with E-state index in [4.69, 9.17) is 11.5 Å². The van der Waals surface area contributed by atoms with Gasteiger partial charge in [0.15, 0.2) is 0 Å². The number of nitrogens with two attached hydrogens (primary N) is 2. The fourth-order valence-electron chi connectivity index (χ4n) is 0.978. The Labute approximate surface area is 68.8 Å². The second-order valence-corrected chi connectivity index (χ2v) is 3.95. The van der Waals surface area contributed by atoms with E-state index in [1.54, 1.807) is 6.92 Å². The first kappa shape index (κ1) is 10.9. The maximum Gasteiger partial charge on any atom is 0.0553 e. The minimum Gasteiger partial charge on any atom is -0.393 e. The van der Waals surface area contributed by atoms with Crippen LogP contribution in [0.15, 0.2) is 0 Å². The Hall–Kier alpha value is -0.120. The Morgan fingerprint density at radius 2 is 1.64 bits per heavy atom. The van der Waals surface area contributed by atoms with E-state index in [9.17, 15) is 5.11 Å². The number of hydrogen-bond donors (Lipinski definition) is 3. The zero-order chi connectivity index (χ0) is 9.23. The van der Waals surface area contributed by atoms with Gasteiger partial charge in [0.1, 0.15) is 0 Å². The standard InChI is InChI=1S/C8H20N2O/c1-5(6(2)11)7(9)8(3,4)10/h5-7,11H,9-10H2,1-4H3. The normalized spacial score (nSPS) is 21.0. The predicted octanol–water partition coefficient (Wildman–Crippen LogP) is 0.0679. The van der Waals surface area contributed by atoms with Crippen molar-refractivity contribution in [2.45, 2.75) is 45.4 Å². The lowest BCUT2D eigenvalue weighted by molar-refractivity contribution is 0.103. The van der Waals surface area contributed by atoms with Crippen LogP contribution in [0.1, 0.15) is 27.7 Å². The third-order valence-corrected chi connectivity index (χ3v) is 2.19. The lowest BCUT2D eigenvalue weighted by Crippen LogP contribution is -2.55. The lowest BCUT2D eigenvalue weighted by Gasteiger charge is -2.33. The van der Waals surface area contributed by atoms with Crippen LogP contribution in [0.5, 0.6) is 0 Å². The highest BCUT2D eigenvalue weighted by molar-refractivity contribution is 4.90. The molecular formula is C8H20N2O. The molecule has 0 saturated carbocycles. The van der Waals surface area contributed by atoms with Crippen LogP contribution >= 0.6 is 0 Å². The van der Waals surface area contributed by atoms with Crippen LogP contribution in [0.3, 0.4) is 0 Å². The molecule has 0 aromatic heterocycles. The van der Waals surface area contributed by atoms with Gasteiger partial charge in [-0.25, -0.2) is 0 Å². The molecule has 0 spiro atoms. The smallest absolute Gasteiger partial charge is 0.0553 e. The molecule has 3 nitrogen and oxygen atoms in total. The van der Waals surface area contributed by atoms with Crippen molar-refractivity contribution in [1.82, 2.24) is 0 Å². The second kappa shape index (κ2) is 3.52. The molecule has 0 aromatic rings. The predicted molar refractivity (Wildman–Crippen MR) is 47.1 cm³/mol. The van der Waals surface area contributed by atoms with Crippen molar-refractivity contribution in [2.75, 3.05) is 0 Å². The quantitative estimate of drug-likeness (QED) is 0.547. The Kier molecular flexibility index (Phi) is 3.48. The van der Waals surface area contributed by atoms with Crippen LogP contribution in [-0.2, 0) is 0 Å². The Bertz CT molecular complexity index is 118. The van der Waals surface area contributed by atoms with Crippen molar-refractivity contribution in [3.8, 4) is 0 Å². The van der Waals surface area contributed by atoms with Gasteiger partial charge >= 0.3 is 0 Å². The summed E-state index contributed by atoms with van der Waals surface area (Å²) < 4.78 is 0. The van der Waals surface area contributed by atoms with E-state index in [1.807, 2.05) is 20.8 Å². The highest BCUT2D eigenvalue weighted by Gasteiger charge is 2.28. The molecule has 0 aromatic carbocycles. The first-order chi connectivity index (χ1) is 4.76. The van der Waals surface area contributed by atoms with Crippen LogP contribution in [0, 0.1) is 5.92 Å². The molecule has 0 saturated heterocycles. The van der Waals surface area contributed by atoms with Gasteiger partial charge in [-0.2, -0.15) is 0 Å². The van der Waals surface area contributed by atoms with Crippen molar-refractivity contribution < 1.29 is 5.11 Å². The van der Waals surface area contributed by atoms with Gasteiger partial charge in [0.25, 0.3) is 0 Å². The molecule has 0 bridgehead atoms. The molecular weight excluding hydrogens is 140 g/mol. The lowest BCUT2D eigenvalue weighted by atomic mass is 9.84. The van der Waals surface area contributed by atoms with Gasteiger partial charge in [0.05, 0.1) is 6.10 Å². The van der Waals surface area contributed by atoms with Gasteiger partial charge in [-0.1, -0.05) is 6.92 Å². The molecule has 3 unspecified atom stereocenters. The minimum absolute atomic E-state index is 0.0370. The van der Waals surface area contributed by atoms with E-state index in [-0.39, 0.29) is 12.0 Å². The minimum atomic E-state index is -0.420. The van der Waals surface area contributed by atoms with Gasteiger partial charge in [-0.05, 0) is 26.7 Å². The molecule has 0 rings (SSSR count). The molecule has 0 fully saturated rings. The van der Waals surface area contributed by atoms with E-state index in [0.29, 0.717) is 0 Å². The summed E-state index contributed by atoms with van der Waals surface area (Å²) >= 11 is 0. The molecule has 0 aliphatic heterocycles. The SMILES string of the molecule is CC(O)C(C)C(N)C(C)(C)N. The second-order valence-electron chi connectivity index (χ2n) is 3.95. The summed E-state index contributed by atoms with van der Waals surface area (Å²) in [5, 5.41) is 9.22. The maximum absolute atomic E-state index is 9.22. The summed E-state index contributed by atoms with van der Waals surface area (Å²) in [7, 11) is 0. The monoisotopic (exact) mass is 160 g/mol. The molecule has 3 atom stereocenters. The average Bonchev–Trinajstić information content (AvgIpc) is 1.82. The van der Waals surface area contributed by atoms with E-state index < -0.39 is 11.6 Å². The molecule has 0 radical (unpaired) electrons. The van der Waals surface area contributed by atoms with Crippen LogP contribution in [-0.4, -0.2) is 22.8 Å². The number of aliphatic hydroxyl groups excluding tert-OH is 1. The topological polar surface area (TPSA) is 72.3 Å². The van der Waals surface area contributed by atoms with E-state index in [0.717, 1.165) is 0 Å². The Balaban J connectivity index is 4.13. The van der Waals surface area contributed by atoms with Gasteiger partial charge < -0.3 is 16.6 Å². The largest absolute Gasteiger partial charge is 0.393 e. The third-order valence-electron chi connectivity index (χ3n) is 2.19. The Morgan fingerprint density at radius 1 is 1.27 bits per heavy atom. The number of hydrogen-bond acceptors (Lipinski definition) is 3. The fourth-order valence-corrected chi connectivity index (χ4v) is 0.978. The summed E-state index contributed by atoms with van der Waals surface area (Å²) in [5.41, 5.74) is 11.2. The molecule has 0 aliphatic carbocycles. The van der Waals surface area contributed by atoms with Gasteiger partial charge in [0, 0.05) is 11.6 Å². The molecule has 5 N–H and O–H groups in total. The third kappa shape index (κ3) is 3.18. The number of rotatable bonds is 3. The van der Waals surface area contributed by atoms with Gasteiger partial charge in [-0.15, -0.1) is 0 Å². The summed E-state index contributed by atoms with van der Waals surface area (Å²) in [6.07, 6.45) is -0.396.